The largest absolute Gasteiger partial charge is 0.342 e. The van der Waals surface area contributed by atoms with Crippen LogP contribution >= 0.6 is 0 Å². The molecule has 0 aliphatic carbocycles. The first kappa shape index (κ1) is 13.0. The molecule has 0 bridgehead atoms. The summed E-state index contributed by atoms with van der Waals surface area (Å²) in [6, 6.07) is 0. The number of nitrogens with one attached hydrogen (secondary N) is 1. The van der Waals surface area contributed by atoms with Crippen molar-refractivity contribution in [3.8, 4) is 0 Å². The summed E-state index contributed by atoms with van der Waals surface area (Å²) >= 11 is 0. The first-order valence-electron chi connectivity index (χ1n) is 6.59. The number of carbonyl (C=O) groups is 1. The van der Waals surface area contributed by atoms with Crippen LogP contribution in [0.4, 0.5) is 0 Å². The predicted molar refractivity (Wildman–Crippen MR) is 67.8 cm³/mol. The van der Waals surface area contributed by atoms with Gasteiger partial charge in [-0.25, -0.2) is 0 Å². The highest BCUT2D eigenvalue weighted by Crippen LogP contribution is 2.09. The van der Waals surface area contributed by atoms with Crippen LogP contribution in [0.5, 0.6) is 0 Å². The zero-order valence-corrected chi connectivity index (χ0v) is 10.9. The molecule has 0 spiro atoms. The van der Waals surface area contributed by atoms with Gasteiger partial charge in [-0.1, -0.05) is 12.8 Å². The van der Waals surface area contributed by atoms with Gasteiger partial charge in [0, 0.05) is 20.1 Å². The maximum atomic E-state index is 12.0. The van der Waals surface area contributed by atoms with Crippen LogP contribution in [0.1, 0.15) is 31.5 Å². The lowest BCUT2D eigenvalue weighted by atomic mass is 10.2. The summed E-state index contributed by atoms with van der Waals surface area (Å²) in [5, 5.41) is 10.9. The third-order valence-electron chi connectivity index (χ3n) is 3.32. The van der Waals surface area contributed by atoms with Gasteiger partial charge >= 0.3 is 0 Å². The molecular weight excluding hydrogens is 230 g/mol. The van der Waals surface area contributed by atoms with Crippen LogP contribution in [-0.4, -0.2) is 45.2 Å². The average Bonchev–Trinajstić information content (AvgIpc) is 2.64. The Balaban J connectivity index is 1.72. The third-order valence-corrected chi connectivity index (χ3v) is 3.32. The molecule has 100 valence electrons. The number of aryl methyl sites for hydroxylation is 1. The number of likely N-dealkylation sites (tertiary alicyclic amines) is 1. The van der Waals surface area contributed by atoms with Crippen LogP contribution < -0.4 is 5.32 Å². The van der Waals surface area contributed by atoms with Crippen molar-refractivity contribution in [2.45, 2.75) is 32.2 Å². The Morgan fingerprint density at radius 1 is 1.33 bits per heavy atom. The quantitative estimate of drug-likeness (QED) is 0.836. The molecule has 2 heterocycles. The van der Waals surface area contributed by atoms with E-state index in [1.807, 2.05) is 16.5 Å². The third kappa shape index (κ3) is 3.53. The summed E-state index contributed by atoms with van der Waals surface area (Å²) in [6.07, 6.45) is 6.42. The molecular formula is C12H21N5O. The molecule has 1 saturated heterocycles. The SMILES string of the molecule is Cn1cnnc1CNCC(=O)N1CCCCCC1. The van der Waals surface area contributed by atoms with Crippen molar-refractivity contribution in [2.75, 3.05) is 19.6 Å². The lowest BCUT2D eigenvalue weighted by Gasteiger charge is -2.20. The molecule has 1 fully saturated rings. The Kier molecular flexibility index (Phi) is 4.69. The number of hydrogen-bond donors (Lipinski definition) is 1. The van der Waals surface area contributed by atoms with E-state index in [2.05, 4.69) is 15.5 Å². The van der Waals surface area contributed by atoms with Crippen molar-refractivity contribution < 1.29 is 4.79 Å². The van der Waals surface area contributed by atoms with E-state index < -0.39 is 0 Å². The van der Waals surface area contributed by atoms with Gasteiger partial charge in [0.15, 0.2) is 0 Å². The maximum Gasteiger partial charge on any atom is 0.236 e. The Labute approximate surface area is 107 Å². The number of carbonyl (C=O) groups excluding carboxylic acids is 1. The van der Waals surface area contributed by atoms with Crippen LogP contribution in [0.25, 0.3) is 0 Å². The molecule has 0 aromatic carbocycles. The molecule has 1 aliphatic rings. The van der Waals surface area contributed by atoms with Gasteiger partial charge in [-0.15, -0.1) is 10.2 Å². The second kappa shape index (κ2) is 6.49. The van der Waals surface area contributed by atoms with E-state index in [1.165, 1.54) is 12.8 Å². The second-order valence-electron chi connectivity index (χ2n) is 4.76. The number of hydrogen-bond acceptors (Lipinski definition) is 4. The van der Waals surface area contributed by atoms with E-state index in [-0.39, 0.29) is 5.91 Å². The highest BCUT2D eigenvalue weighted by Gasteiger charge is 2.14. The molecule has 6 heteroatoms. The van der Waals surface area contributed by atoms with E-state index in [0.29, 0.717) is 13.1 Å². The number of rotatable bonds is 4. The van der Waals surface area contributed by atoms with Crippen molar-refractivity contribution >= 4 is 5.91 Å². The van der Waals surface area contributed by atoms with Crippen molar-refractivity contribution in [3.05, 3.63) is 12.2 Å². The van der Waals surface area contributed by atoms with Gasteiger partial charge in [0.25, 0.3) is 0 Å². The topological polar surface area (TPSA) is 63.1 Å². The fourth-order valence-corrected chi connectivity index (χ4v) is 2.18. The van der Waals surface area contributed by atoms with Gasteiger partial charge in [-0.2, -0.15) is 0 Å². The van der Waals surface area contributed by atoms with Gasteiger partial charge in [0.1, 0.15) is 12.2 Å². The molecule has 6 nitrogen and oxygen atoms in total. The minimum Gasteiger partial charge on any atom is -0.342 e. The first-order chi connectivity index (χ1) is 8.77. The highest BCUT2D eigenvalue weighted by molar-refractivity contribution is 5.78. The maximum absolute atomic E-state index is 12.0. The van der Waals surface area contributed by atoms with Crippen LogP contribution in [0.15, 0.2) is 6.33 Å². The summed E-state index contributed by atoms with van der Waals surface area (Å²) in [5.41, 5.74) is 0. The fourth-order valence-electron chi connectivity index (χ4n) is 2.18. The van der Waals surface area contributed by atoms with Crippen molar-refractivity contribution in [2.24, 2.45) is 7.05 Å². The molecule has 0 atom stereocenters. The predicted octanol–water partition coefficient (Wildman–Crippen LogP) is 0.307. The Hall–Kier alpha value is -1.43. The molecule has 1 aliphatic heterocycles. The van der Waals surface area contributed by atoms with E-state index in [0.717, 1.165) is 31.8 Å². The minimum absolute atomic E-state index is 0.194. The van der Waals surface area contributed by atoms with E-state index >= 15 is 0 Å². The molecule has 2 rings (SSSR count). The van der Waals surface area contributed by atoms with Crippen LogP contribution in [0, 0.1) is 0 Å². The fraction of sp³-hybridized carbons (Fsp3) is 0.750. The number of amides is 1. The number of aromatic nitrogens is 3. The van der Waals surface area contributed by atoms with Crippen LogP contribution in [0.2, 0.25) is 0 Å². The molecule has 18 heavy (non-hydrogen) atoms. The molecule has 1 aromatic rings. The standard InChI is InChI=1S/C12H21N5O/c1-16-10-14-15-11(16)8-13-9-12(18)17-6-4-2-3-5-7-17/h10,13H,2-9H2,1H3. The Morgan fingerprint density at radius 2 is 2.06 bits per heavy atom. The zero-order valence-electron chi connectivity index (χ0n) is 10.9. The summed E-state index contributed by atoms with van der Waals surface area (Å²) in [7, 11) is 1.90. The molecule has 1 amide bonds. The smallest absolute Gasteiger partial charge is 0.236 e. The van der Waals surface area contributed by atoms with Crippen molar-refractivity contribution in [1.29, 1.82) is 0 Å². The zero-order chi connectivity index (χ0) is 12.8. The normalized spacial score (nSPS) is 16.6. The summed E-state index contributed by atoms with van der Waals surface area (Å²) in [5.74, 6) is 1.04. The van der Waals surface area contributed by atoms with Gasteiger partial charge < -0.3 is 14.8 Å². The average molecular weight is 251 g/mol. The lowest BCUT2D eigenvalue weighted by Crippen LogP contribution is -2.38. The Bertz CT molecular complexity index is 382. The molecule has 1 aromatic heterocycles. The highest BCUT2D eigenvalue weighted by atomic mass is 16.2. The minimum atomic E-state index is 0.194. The lowest BCUT2D eigenvalue weighted by molar-refractivity contribution is -0.130. The molecule has 0 radical (unpaired) electrons. The van der Waals surface area contributed by atoms with E-state index in [4.69, 9.17) is 0 Å². The van der Waals surface area contributed by atoms with Gasteiger partial charge in [-0.05, 0) is 12.8 Å². The van der Waals surface area contributed by atoms with Crippen molar-refractivity contribution in [1.82, 2.24) is 25.0 Å². The molecule has 0 saturated carbocycles. The second-order valence-corrected chi connectivity index (χ2v) is 4.76. The van der Waals surface area contributed by atoms with Gasteiger partial charge in [0.05, 0.1) is 13.1 Å². The first-order valence-corrected chi connectivity index (χ1v) is 6.59. The Morgan fingerprint density at radius 3 is 2.67 bits per heavy atom. The monoisotopic (exact) mass is 251 g/mol. The number of nitrogens with zero attached hydrogens (tertiary/aromatic N) is 4. The van der Waals surface area contributed by atoms with Crippen molar-refractivity contribution in [3.63, 3.8) is 0 Å². The van der Waals surface area contributed by atoms with E-state index in [9.17, 15) is 4.79 Å². The summed E-state index contributed by atoms with van der Waals surface area (Å²) < 4.78 is 1.85. The molecule has 1 N–H and O–H groups in total. The van der Waals surface area contributed by atoms with Crippen LogP contribution in [0.3, 0.4) is 0 Å². The van der Waals surface area contributed by atoms with Crippen LogP contribution in [-0.2, 0) is 18.4 Å². The summed E-state index contributed by atoms with van der Waals surface area (Å²) in [4.78, 5) is 14.0. The van der Waals surface area contributed by atoms with Gasteiger partial charge in [0.2, 0.25) is 5.91 Å². The van der Waals surface area contributed by atoms with E-state index in [1.54, 1.807) is 6.33 Å². The summed E-state index contributed by atoms with van der Waals surface area (Å²) in [6.45, 7) is 2.78. The van der Waals surface area contributed by atoms with Gasteiger partial charge in [-0.3, -0.25) is 4.79 Å². The molecule has 0 unspecified atom stereocenters.